The maximum Gasteiger partial charge on any atom is 0.325 e. The van der Waals surface area contributed by atoms with Crippen molar-refractivity contribution in [2.45, 2.75) is 13.5 Å². The highest BCUT2D eigenvalue weighted by Gasteiger charge is 2.12. The van der Waals surface area contributed by atoms with E-state index in [2.05, 4.69) is 15.9 Å². The Morgan fingerprint density at radius 2 is 2.25 bits per heavy atom. The highest BCUT2D eigenvalue weighted by Crippen LogP contribution is 2.18. The molecule has 6 heteroatoms. The van der Waals surface area contributed by atoms with Gasteiger partial charge in [-0.15, -0.1) is 0 Å². The van der Waals surface area contributed by atoms with Crippen LogP contribution in [0.4, 0.5) is 0 Å². The second-order valence-electron chi connectivity index (χ2n) is 4.08. The number of pyridine rings is 1. The molecule has 0 spiro atoms. The molecule has 2 rings (SSSR count). The number of carbonyl (C=O) groups is 1. The molecule has 0 unspecified atom stereocenters. The van der Waals surface area contributed by atoms with E-state index in [4.69, 9.17) is 10.00 Å². The fourth-order valence-electron chi connectivity index (χ4n) is 1.93. The molecule has 1 aromatic carbocycles. The van der Waals surface area contributed by atoms with Crippen LogP contribution >= 0.6 is 15.9 Å². The molecule has 1 heterocycles. The summed E-state index contributed by atoms with van der Waals surface area (Å²) >= 11 is 3.29. The number of benzene rings is 1. The number of nitrogens with zero attached hydrogens (tertiary/aromatic N) is 2. The molecule has 20 heavy (non-hydrogen) atoms. The average Bonchev–Trinajstić information content (AvgIpc) is 2.42. The number of hydrogen-bond donors (Lipinski definition) is 0. The Kier molecular flexibility index (Phi) is 4.20. The monoisotopic (exact) mass is 334 g/mol. The number of ether oxygens (including phenoxy) is 1. The first-order chi connectivity index (χ1) is 9.56. The molecular formula is C14H11BrN2O3. The van der Waals surface area contributed by atoms with Crippen molar-refractivity contribution in [1.29, 1.82) is 5.26 Å². The van der Waals surface area contributed by atoms with Gasteiger partial charge in [-0.25, -0.2) is 0 Å². The maximum atomic E-state index is 12.1. The number of fused-ring (bicyclic) bond motifs is 1. The van der Waals surface area contributed by atoms with Gasteiger partial charge in [-0.2, -0.15) is 5.26 Å². The van der Waals surface area contributed by atoms with Gasteiger partial charge < -0.3 is 9.30 Å². The molecule has 0 aliphatic rings. The Morgan fingerprint density at radius 1 is 1.50 bits per heavy atom. The molecule has 0 radical (unpaired) electrons. The van der Waals surface area contributed by atoms with Gasteiger partial charge in [-0.3, -0.25) is 9.59 Å². The van der Waals surface area contributed by atoms with E-state index < -0.39 is 5.97 Å². The van der Waals surface area contributed by atoms with Crippen LogP contribution in [0.1, 0.15) is 12.5 Å². The van der Waals surface area contributed by atoms with Crippen molar-refractivity contribution in [1.82, 2.24) is 4.57 Å². The lowest BCUT2D eigenvalue weighted by molar-refractivity contribution is -0.143. The fraction of sp³-hybridized carbons (Fsp3) is 0.214. The van der Waals surface area contributed by atoms with E-state index in [0.29, 0.717) is 10.9 Å². The van der Waals surface area contributed by atoms with Crippen LogP contribution in [-0.4, -0.2) is 17.1 Å². The van der Waals surface area contributed by atoms with Gasteiger partial charge in [0.1, 0.15) is 18.2 Å². The Morgan fingerprint density at radius 3 is 2.90 bits per heavy atom. The third-order valence-corrected chi connectivity index (χ3v) is 3.26. The van der Waals surface area contributed by atoms with Gasteiger partial charge in [-0.05, 0) is 25.1 Å². The first-order valence-electron chi connectivity index (χ1n) is 5.95. The summed E-state index contributed by atoms with van der Waals surface area (Å²) in [6, 6.07) is 6.99. The number of carbonyl (C=O) groups excluding carboxylic acids is 1. The summed E-state index contributed by atoms with van der Waals surface area (Å²) in [6.07, 6.45) is 1.38. The standard InChI is InChI=1S/C14H11BrN2O3/c1-2-20-13(18)8-17-7-9(6-16)14(19)11-5-10(15)3-4-12(11)17/h3-5,7H,2,8H2,1H3. The summed E-state index contributed by atoms with van der Waals surface area (Å²) in [4.78, 5) is 23.7. The largest absolute Gasteiger partial charge is 0.465 e. The number of rotatable bonds is 3. The van der Waals surface area contributed by atoms with Crippen molar-refractivity contribution in [2.24, 2.45) is 0 Å². The van der Waals surface area contributed by atoms with Crippen LogP contribution in [0.15, 0.2) is 33.7 Å². The molecule has 5 nitrogen and oxygen atoms in total. The highest BCUT2D eigenvalue weighted by molar-refractivity contribution is 9.10. The maximum absolute atomic E-state index is 12.1. The van der Waals surface area contributed by atoms with Crippen molar-refractivity contribution >= 4 is 32.8 Å². The lowest BCUT2D eigenvalue weighted by atomic mass is 10.1. The Bertz CT molecular complexity index is 774. The van der Waals surface area contributed by atoms with Gasteiger partial charge in [0.25, 0.3) is 0 Å². The van der Waals surface area contributed by atoms with Crippen molar-refractivity contribution in [3.05, 3.63) is 44.7 Å². The van der Waals surface area contributed by atoms with Gasteiger partial charge in [0.15, 0.2) is 0 Å². The number of nitriles is 1. The van der Waals surface area contributed by atoms with E-state index in [-0.39, 0.29) is 24.1 Å². The van der Waals surface area contributed by atoms with Crippen molar-refractivity contribution in [3.63, 3.8) is 0 Å². The van der Waals surface area contributed by atoms with Crippen LogP contribution in [-0.2, 0) is 16.1 Å². The van der Waals surface area contributed by atoms with Gasteiger partial charge in [0, 0.05) is 16.1 Å². The van der Waals surface area contributed by atoms with Crippen LogP contribution in [0.2, 0.25) is 0 Å². The number of esters is 1. The second-order valence-corrected chi connectivity index (χ2v) is 4.99. The van der Waals surface area contributed by atoms with Crippen LogP contribution in [0, 0.1) is 11.3 Å². The van der Waals surface area contributed by atoms with Crippen molar-refractivity contribution in [3.8, 4) is 6.07 Å². The summed E-state index contributed by atoms with van der Waals surface area (Å²) in [7, 11) is 0. The molecule has 0 bridgehead atoms. The summed E-state index contributed by atoms with van der Waals surface area (Å²) in [5.41, 5.74) is 0.245. The summed E-state index contributed by atoms with van der Waals surface area (Å²) in [6.45, 7) is 1.97. The Balaban J connectivity index is 2.65. The number of hydrogen-bond acceptors (Lipinski definition) is 4. The average molecular weight is 335 g/mol. The van der Waals surface area contributed by atoms with E-state index >= 15 is 0 Å². The number of halogens is 1. The van der Waals surface area contributed by atoms with E-state index in [0.717, 1.165) is 4.47 Å². The van der Waals surface area contributed by atoms with Gasteiger partial charge >= 0.3 is 5.97 Å². The molecule has 1 aromatic heterocycles. The first-order valence-corrected chi connectivity index (χ1v) is 6.74. The second kappa shape index (κ2) is 5.88. The quantitative estimate of drug-likeness (QED) is 0.806. The molecule has 0 amide bonds. The molecule has 0 aliphatic carbocycles. The molecule has 0 aliphatic heterocycles. The van der Waals surface area contributed by atoms with E-state index in [1.807, 2.05) is 6.07 Å². The van der Waals surface area contributed by atoms with Crippen LogP contribution in [0.25, 0.3) is 10.9 Å². The zero-order chi connectivity index (χ0) is 14.7. The zero-order valence-electron chi connectivity index (χ0n) is 10.7. The summed E-state index contributed by atoms with van der Waals surface area (Å²) in [5, 5.41) is 9.41. The topological polar surface area (TPSA) is 72.1 Å². The molecule has 0 saturated carbocycles. The smallest absolute Gasteiger partial charge is 0.325 e. The lowest BCUT2D eigenvalue weighted by Gasteiger charge is -2.11. The van der Waals surface area contributed by atoms with E-state index in [9.17, 15) is 9.59 Å². The first kappa shape index (κ1) is 14.3. The fourth-order valence-corrected chi connectivity index (χ4v) is 2.29. The molecule has 2 aromatic rings. The molecule has 0 saturated heterocycles. The Hall–Kier alpha value is -2.13. The molecule has 102 valence electrons. The van der Waals surface area contributed by atoms with E-state index in [1.165, 1.54) is 6.20 Å². The molecule has 0 N–H and O–H groups in total. The molecule has 0 atom stereocenters. The SMILES string of the molecule is CCOC(=O)Cn1cc(C#N)c(=O)c2cc(Br)ccc21. The third kappa shape index (κ3) is 2.73. The number of aromatic nitrogens is 1. The minimum atomic E-state index is -0.413. The zero-order valence-corrected chi connectivity index (χ0v) is 12.3. The van der Waals surface area contributed by atoms with Gasteiger partial charge in [0.05, 0.1) is 12.1 Å². The molecule has 0 fully saturated rings. The minimum absolute atomic E-state index is 0.0000940. The highest BCUT2D eigenvalue weighted by atomic mass is 79.9. The minimum Gasteiger partial charge on any atom is -0.465 e. The normalized spacial score (nSPS) is 10.2. The van der Waals surface area contributed by atoms with Gasteiger partial charge in [0.2, 0.25) is 5.43 Å². The van der Waals surface area contributed by atoms with Gasteiger partial charge in [-0.1, -0.05) is 15.9 Å². The Labute approximate surface area is 123 Å². The molecular weight excluding hydrogens is 324 g/mol. The lowest BCUT2D eigenvalue weighted by Crippen LogP contribution is -2.18. The van der Waals surface area contributed by atoms with Crippen LogP contribution in [0.3, 0.4) is 0 Å². The van der Waals surface area contributed by atoms with Crippen molar-refractivity contribution in [2.75, 3.05) is 6.61 Å². The van der Waals surface area contributed by atoms with Crippen LogP contribution in [0.5, 0.6) is 0 Å². The predicted molar refractivity (Wildman–Crippen MR) is 77.3 cm³/mol. The predicted octanol–water partition coefficient (Wildman–Crippen LogP) is 2.20. The summed E-state index contributed by atoms with van der Waals surface area (Å²) in [5.74, 6) is -0.413. The van der Waals surface area contributed by atoms with Crippen molar-refractivity contribution < 1.29 is 9.53 Å². The van der Waals surface area contributed by atoms with E-state index in [1.54, 1.807) is 29.7 Å². The summed E-state index contributed by atoms with van der Waals surface area (Å²) < 4.78 is 7.18. The van der Waals surface area contributed by atoms with Crippen LogP contribution < -0.4 is 5.43 Å². The third-order valence-electron chi connectivity index (χ3n) is 2.77.